The summed E-state index contributed by atoms with van der Waals surface area (Å²) < 4.78 is 1.93. The SMILES string of the molecule is Cc1nnc2c(N(C)Cc3cccnc3)nccn12. The Balaban J connectivity index is 1.96. The van der Waals surface area contributed by atoms with Crippen LogP contribution in [0.25, 0.3) is 5.65 Å². The number of pyridine rings is 1. The van der Waals surface area contributed by atoms with Gasteiger partial charge < -0.3 is 4.90 Å². The Morgan fingerprint density at radius 2 is 2.16 bits per heavy atom. The highest BCUT2D eigenvalue weighted by atomic mass is 15.3. The van der Waals surface area contributed by atoms with E-state index in [1.807, 2.05) is 47.8 Å². The van der Waals surface area contributed by atoms with Crippen molar-refractivity contribution in [2.24, 2.45) is 0 Å². The van der Waals surface area contributed by atoms with Crippen LogP contribution < -0.4 is 4.90 Å². The molecule has 0 aliphatic rings. The van der Waals surface area contributed by atoms with E-state index >= 15 is 0 Å². The first-order valence-electron chi connectivity index (χ1n) is 6.02. The van der Waals surface area contributed by atoms with Gasteiger partial charge in [-0.15, -0.1) is 10.2 Å². The molecule has 0 atom stereocenters. The molecule has 19 heavy (non-hydrogen) atoms. The Morgan fingerprint density at radius 1 is 1.26 bits per heavy atom. The van der Waals surface area contributed by atoms with Crippen molar-refractivity contribution >= 4 is 11.5 Å². The molecule has 0 saturated heterocycles. The van der Waals surface area contributed by atoms with Crippen LogP contribution >= 0.6 is 0 Å². The highest BCUT2D eigenvalue weighted by Crippen LogP contribution is 2.17. The van der Waals surface area contributed by atoms with E-state index in [1.165, 1.54) is 0 Å². The van der Waals surface area contributed by atoms with Gasteiger partial charge in [-0.1, -0.05) is 6.07 Å². The van der Waals surface area contributed by atoms with Gasteiger partial charge in [-0.05, 0) is 18.6 Å². The van der Waals surface area contributed by atoms with Gasteiger partial charge >= 0.3 is 0 Å². The smallest absolute Gasteiger partial charge is 0.203 e. The molecule has 0 radical (unpaired) electrons. The minimum absolute atomic E-state index is 0.729. The van der Waals surface area contributed by atoms with E-state index in [-0.39, 0.29) is 0 Å². The number of fused-ring (bicyclic) bond motifs is 1. The van der Waals surface area contributed by atoms with Crippen molar-refractivity contribution in [1.29, 1.82) is 0 Å². The van der Waals surface area contributed by atoms with E-state index in [2.05, 4.69) is 20.2 Å². The first-order valence-corrected chi connectivity index (χ1v) is 6.02. The largest absolute Gasteiger partial charge is 0.352 e. The maximum atomic E-state index is 4.40. The molecule has 3 aromatic rings. The molecule has 96 valence electrons. The van der Waals surface area contributed by atoms with Crippen LogP contribution in [0.3, 0.4) is 0 Å². The normalized spacial score (nSPS) is 10.8. The molecule has 0 saturated carbocycles. The van der Waals surface area contributed by atoms with E-state index in [0.29, 0.717) is 0 Å². The lowest BCUT2D eigenvalue weighted by atomic mass is 10.3. The zero-order valence-corrected chi connectivity index (χ0v) is 10.9. The van der Waals surface area contributed by atoms with E-state index in [0.717, 1.165) is 29.4 Å². The maximum Gasteiger partial charge on any atom is 0.203 e. The van der Waals surface area contributed by atoms with Gasteiger partial charge in [0.15, 0.2) is 5.82 Å². The van der Waals surface area contributed by atoms with Crippen LogP contribution in [0.15, 0.2) is 36.9 Å². The van der Waals surface area contributed by atoms with Crippen molar-refractivity contribution in [3.8, 4) is 0 Å². The number of rotatable bonds is 3. The van der Waals surface area contributed by atoms with Gasteiger partial charge in [0.1, 0.15) is 5.82 Å². The number of aryl methyl sites for hydroxylation is 1. The highest BCUT2D eigenvalue weighted by molar-refractivity contribution is 5.63. The second-order valence-electron chi connectivity index (χ2n) is 4.41. The molecule has 0 aliphatic heterocycles. The minimum Gasteiger partial charge on any atom is -0.352 e. The molecular formula is C13H14N6. The summed E-state index contributed by atoms with van der Waals surface area (Å²) in [6.45, 7) is 2.65. The summed E-state index contributed by atoms with van der Waals surface area (Å²) in [6.07, 6.45) is 7.25. The Kier molecular flexibility index (Phi) is 2.83. The average Bonchev–Trinajstić information content (AvgIpc) is 2.82. The van der Waals surface area contributed by atoms with Crippen LogP contribution in [0, 0.1) is 6.92 Å². The van der Waals surface area contributed by atoms with Crippen LogP contribution in [-0.2, 0) is 6.54 Å². The molecule has 0 aliphatic carbocycles. The van der Waals surface area contributed by atoms with Gasteiger partial charge in [-0.2, -0.15) is 0 Å². The molecule has 3 aromatic heterocycles. The van der Waals surface area contributed by atoms with Crippen LogP contribution in [0.1, 0.15) is 11.4 Å². The first kappa shape index (κ1) is 11.6. The third-order valence-corrected chi connectivity index (χ3v) is 2.98. The second kappa shape index (κ2) is 4.64. The van der Waals surface area contributed by atoms with Gasteiger partial charge in [0.25, 0.3) is 0 Å². The van der Waals surface area contributed by atoms with Gasteiger partial charge in [-0.3, -0.25) is 9.38 Å². The summed E-state index contributed by atoms with van der Waals surface area (Å²) in [7, 11) is 1.99. The van der Waals surface area contributed by atoms with E-state index < -0.39 is 0 Å². The number of aromatic nitrogens is 5. The van der Waals surface area contributed by atoms with Crippen LogP contribution in [0.2, 0.25) is 0 Å². The third-order valence-electron chi connectivity index (χ3n) is 2.98. The summed E-state index contributed by atoms with van der Waals surface area (Å²) in [6, 6.07) is 3.97. The lowest BCUT2D eigenvalue weighted by molar-refractivity contribution is 0.884. The Bertz CT molecular complexity index is 691. The molecule has 0 bridgehead atoms. The summed E-state index contributed by atoms with van der Waals surface area (Å²) >= 11 is 0. The van der Waals surface area contributed by atoms with Crippen molar-refractivity contribution in [3.63, 3.8) is 0 Å². The minimum atomic E-state index is 0.729. The summed E-state index contributed by atoms with van der Waals surface area (Å²) in [5.74, 6) is 1.67. The predicted molar refractivity (Wildman–Crippen MR) is 71.9 cm³/mol. The molecular weight excluding hydrogens is 240 g/mol. The third kappa shape index (κ3) is 2.12. The molecule has 6 nitrogen and oxygen atoms in total. The number of hydrogen-bond donors (Lipinski definition) is 0. The molecule has 0 aromatic carbocycles. The van der Waals surface area contributed by atoms with Crippen molar-refractivity contribution in [3.05, 3.63) is 48.3 Å². The molecule has 3 rings (SSSR count). The summed E-state index contributed by atoms with van der Waals surface area (Å²) in [5.41, 5.74) is 1.90. The van der Waals surface area contributed by atoms with E-state index in [1.54, 1.807) is 12.4 Å². The molecule has 3 heterocycles. The number of nitrogens with zero attached hydrogens (tertiary/aromatic N) is 6. The van der Waals surface area contributed by atoms with Crippen LogP contribution in [0.5, 0.6) is 0 Å². The van der Waals surface area contributed by atoms with Crippen molar-refractivity contribution in [1.82, 2.24) is 24.6 Å². The van der Waals surface area contributed by atoms with Crippen LogP contribution in [-0.4, -0.2) is 31.6 Å². The average molecular weight is 254 g/mol. The van der Waals surface area contributed by atoms with Gasteiger partial charge in [0.05, 0.1) is 0 Å². The first-order chi connectivity index (χ1) is 9.25. The van der Waals surface area contributed by atoms with E-state index in [4.69, 9.17) is 0 Å². The fraction of sp³-hybridized carbons (Fsp3) is 0.231. The van der Waals surface area contributed by atoms with Crippen LogP contribution in [0.4, 0.5) is 5.82 Å². The molecule has 0 amide bonds. The molecule has 0 N–H and O–H groups in total. The zero-order chi connectivity index (χ0) is 13.2. The second-order valence-corrected chi connectivity index (χ2v) is 4.41. The highest BCUT2D eigenvalue weighted by Gasteiger charge is 2.12. The Morgan fingerprint density at radius 3 is 2.95 bits per heavy atom. The lowest BCUT2D eigenvalue weighted by Crippen LogP contribution is -2.18. The van der Waals surface area contributed by atoms with Gasteiger partial charge in [0.2, 0.25) is 5.65 Å². The van der Waals surface area contributed by atoms with Crippen molar-refractivity contribution in [2.45, 2.75) is 13.5 Å². The number of hydrogen-bond acceptors (Lipinski definition) is 5. The Labute approximate surface area is 110 Å². The predicted octanol–water partition coefficient (Wildman–Crippen LogP) is 1.46. The molecule has 0 fully saturated rings. The van der Waals surface area contributed by atoms with Crippen molar-refractivity contribution in [2.75, 3.05) is 11.9 Å². The number of anilines is 1. The molecule has 6 heteroatoms. The fourth-order valence-electron chi connectivity index (χ4n) is 2.04. The van der Waals surface area contributed by atoms with Crippen molar-refractivity contribution < 1.29 is 0 Å². The Hall–Kier alpha value is -2.50. The monoisotopic (exact) mass is 254 g/mol. The quantitative estimate of drug-likeness (QED) is 0.708. The maximum absolute atomic E-state index is 4.40. The zero-order valence-electron chi connectivity index (χ0n) is 10.9. The fourth-order valence-corrected chi connectivity index (χ4v) is 2.04. The lowest BCUT2D eigenvalue weighted by Gasteiger charge is -2.18. The van der Waals surface area contributed by atoms with Gasteiger partial charge in [-0.25, -0.2) is 4.98 Å². The summed E-state index contributed by atoms with van der Waals surface area (Å²) in [4.78, 5) is 10.6. The topological polar surface area (TPSA) is 59.2 Å². The van der Waals surface area contributed by atoms with E-state index in [9.17, 15) is 0 Å². The molecule has 0 unspecified atom stereocenters. The summed E-state index contributed by atoms with van der Waals surface area (Å²) in [5, 5.41) is 8.25. The standard InChI is InChI=1S/C13H14N6/c1-10-16-17-13-12(15-6-7-19(10)13)18(2)9-11-4-3-5-14-8-11/h3-8H,9H2,1-2H3. The van der Waals surface area contributed by atoms with Gasteiger partial charge in [0, 0.05) is 38.4 Å². The molecule has 0 spiro atoms.